The van der Waals surface area contributed by atoms with E-state index >= 15 is 0 Å². The Morgan fingerprint density at radius 3 is 2.22 bits per heavy atom. The van der Waals surface area contributed by atoms with Crippen LogP contribution >= 0.6 is 22.6 Å². The molecule has 0 unspecified atom stereocenters. The highest BCUT2D eigenvalue weighted by Gasteiger charge is 2.36. The Balaban J connectivity index is 1.71. The number of nitrogens with one attached hydrogen (secondary N) is 1. The number of aryl methyl sites for hydroxylation is 3. The van der Waals surface area contributed by atoms with Crippen LogP contribution in [0.15, 0.2) is 60.2 Å². The zero-order chi connectivity index (χ0) is 26.7. The van der Waals surface area contributed by atoms with Crippen molar-refractivity contribution in [3.05, 3.63) is 97.1 Å². The summed E-state index contributed by atoms with van der Waals surface area (Å²) in [4.78, 5) is 39.5. The van der Waals surface area contributed by atoms with E-state index in [2.05, 4.69) is 60.0 Å². The van der Waals surface area contributed by atoms with E-state index < -0.39 is 17.8 Å². The van der Waals surface area contributed by atoms with Crippen LogP contribution in [0.5, 0.6) is 5.75 Å². The molecule has 37 heavy (non-hydrogen) atoms. The number of halogens is 1. The highest BCUT2D eigenvalue weighted by atomic mass is 127. The van der Waals surface area contributed by atoms with Crippen molar-refractivity contribution in [2.75, 3.05) is 11.5 Å². The minimum atomic E-state index is -0.759. The number of ether oxygens (including phenoxy) is 1. The molecule has 1 aliphatic rings. The lowest BCUT2D eigenvalue weighted by Crippen LogP contribution is -2.54. The van der Waals surface area contributed by atoms with Gasteiger partial charge in [0.05, 0.1) is 12.3 Å². The zero-order valence-corrected chi connectivity index (χ0v) is 23.5. The van der Waals surface area contributed by atoms with Gasteiger partial charge in [0.1, 0.15) is 11.3 Å². The molecule has 190 valence electrons. The Labute approximate surface area is 230 Å². The van der Waals surface area contributed by atoms with Crippen LogP contribution in [0.1, 0.15) is 47.2 Å². The third-order valence-corrected chi connectivity index (χ3v) is 7.12. The molecule has 3 aromatic carbocycles. The first-order valence-electron chi connectivity index (χ1n) is 12.2. The van der Waals surface area contributed by atoms with Crippen LogP contribution < -0.4 is 15.0 Å². The molecule has 4 rings (SSSR count). The molecule has 1 heterocycles. The number of anilines is 1. The highest BCUT2D eigenvalue weighted by Crippen LogP contribution is 2.31. The summed E-state index contributed by atoms with van der Waals surface area (Å²) in [6, 6.07) is 16.6. The fraction of sp³-hybridized carbons (Fsp3) is 0.233. The van der Waals surface area contributed by atoms with Gasteiger partial charge in [-0.25, -0.2) is 9.69 Å². The Morgan fingerprint density at radius 2 is 1.59 bits per heavy atom. The molecule has 6 nitrogen and oxygen atoms in total. The van der Waals surface area contributed by atoms with Gasteiger partial charge in [-0.1, -0.05) is 48.4 Å². The molecule has 0 aliphatic carbocycles. The molecule has 1 fully saturated rings. The molecule has 3 aromatic rings. The number of hydrogen-bond donors (Lipinski definition) is 1. The first-order valence-corrected chi connectivity index (χ1v) is 13.3. The molecule has 0 saturated carbocycles. The molecule has 4 amide bonds. The second kappa shape index (κ2) is 11.3. The topological polar surface area (TPSA) is 75.7 Å². The van der Waals surface area contributed by atoms with Gasteiger partial charge in [0.15, 0.2) is 0 Å². The van der Waals surface area contributed by atoms with Gasteiger partial charge in [0, 0.05) is 15.6 Å². The zero-order valence-electron chi connectivity index (χ0n) is 21.4. The monoisotopic (exact) mass is 608 g/mol. The first-order chi connectivity index (χ1) is 17.7. The minimum Gasteiger partial charge on any atom is -0.494 e. The molecule has 1 aliphatic heterocycles. The van der Waals surface area contributed by atoms with Crippen molar-refractivity contribution in [1.29, 1.82) is 0 Å². The molecule has 1 N–H and O–H groups in total. The van der Waals surface area contributed by atoms with E-state index in [4.69, 9.17) is 4.74 Å². The molecular weight excluding hydrogens is 579 g/mol. The number of barbiturate groups is 1. The maximum absolute atomic E-state index is 13.3. The van der Waals surface area contributed by atoms with Crippen molar-refractivity contribution in [2.24, 2.45) is 0 Å². The van der Waals surface area contributed by atoms with Crippen molar-refractivity contribution in [1.82, 2.24) is 5.32 Å². The SMILES string of the molecule is CCOc1cc(/C=C2\C(=O)NC(=O)N(c3ccc(CC)cc3)C2=O)cc(I)c1Cc1cc(C)cc(C)c1. The van der Waals surface area contributed by atoms with Crippen molar-refractivity contribution < 1.29 is 19.1 Å². The fourth-order valence-electron chi connectivity index (χ4n) is 4.48. The molecule has 7 heteroatoms. The summed E-state index contributed by atoms with van der Waals surface area (Å²) < 4.78 is 6.94. The fourth-order valence-corrected chi connectivity index (χ4v) is 5.30. The summed E-state index contributed by atoms with van der Waals surface area (Å²) in [6.45, 7) is 8.59. The summed E-state index contributed by atoms with van der Waals surface area (Å²) in [7, 11) is 0. The summed E-state index contributed by atoms with van der Waals surface area (Å²) >= 11 is 2.26. The van der Waals surface area contributed by atoms with Crippen molar-refractivity contribution in [3.63, 3.8) is 0 Å². The molecule has 0 aromatic heterocycles. The quantitative estimate of drug-likeness (QED) is 0.199. The number of benzene rings is 3. The summed E-state index contributed by atoms with van der Waals surface area (Å²) in [6.07, 6.45) is 3.05. The van der Waals surface area contributed by atoms with Gasteiger partial charge in [-0.15, -0.1) is 0 Å². The maximum Gasteiger partial charge on any atom is 0.335 e. The van der Waals surface area contributed by atoms with Crippen LogP contribution in [0.4, 0.5) is 10.5 Å². The van der Waals surface area contributed by atoms with Gasteiger partial charge in [0.2, 0.25) is 0 Å². The lowest BCUT2D eigenvalue weighted by Gasteiger charge is -2.26. The third kappa shape index (κ3) is 5.93. The maximum atomic E-state index is 13.3. The molecular formula is C30H29IN2O4. The van der Waals surface area contributed by atoms with Crippen LogP contribution in [0.25, 0.3) is 6.08 Å². The second-order valence-corrected chi connectivity index (χ2v) is 10.2. The average molecular weight is 608 g/mol. The standard InChI is InChI=1S/C30H29IN2O4/c1-5-20-7-9-23(10-8-20)33-29(35)25(28(34)32-30(33)36)15-22-16-26(31)24(27(17-22)37-6-2)14-21-12-18(3)11-19(4)13-21/h7-13,15-17H,5-6,14H2,1-4H3,(H,32,34,36)/b25-15+. The predicted octanol–water partition coefficient (Wildman–Crippen LogP) is 6.13. The summed E-state index contributed by atoms with van der Waals surface area (Å²) in [5, 5.41) is 2.29. The van der Waals surface area contributed by atoms with Crippen LogP contribution in [-0.2, 0) is 22.4 Å². The van der Waals surface area contributed by atoms with E-state index in [1.54, 1.807) is 12.1 Å². The first kappa shape index (κ1) is 26.6. The largest absolute Gasteiger partial charge is 0.494 e. The van der Waals surface area contributed by atoms with Gasteiger partial charge in [-0.05, 0) is 96.8 Å². The van der Waals surface area contributed by atoms with Crippen molar-refractivity contribution in [2.45, 2.75) is 40.5 Å². The number of amides is 4. The van der Waals surface area contributed by atoms with Gasteiger partial charge >= 0.3 is 6.03 Å². The Morgan fingerprint density at radius 1 is 0.919 bits per heavy atom. The van der Waals surface area contributed by atoms with Gasteiger partial charge < -0.3 is 4.74 Å². The molecule has 0 atom stereocenters. The summed E-state index contributed by atoms with van der Waals surface area (Å²) in [5.41, 5.74) is 6.66. The van der Waals surface area contributed by atoms with E-state index in [0.29, 0.717) is 30.0 Å². The Kier molecular flexibility index (Phi) is 8.12. The molecule has 0 radical (unpaired) electrons. The van der Waals surface area contributed by atoms with E-state index in [0.717, 1.165) is 26.0 Å². The van der Waals surface area contributed by atoms with E-state index in [9.17, 15) is 14.4 Å². The Hall–Kier alpha value is -3.46. The second-order valence-electron chi connectivity index (χ2n) is 9.06. The number of rotatable bonds is 7. The number of carbonyl (C=O) groups excluding carboxylic acids is 3. The summed E-state index contributed by atoms with van der Waals surface area (Å²) in [5.74, 6) is -0.679. The lowest BCUT2D eigenvalue weighted by atomic mass is 9.98. The molecule has 0 bridgehead atoms. The van der Waals surface area contributed by atoms with Crippen LogP contribution in [-0.4, -0.2) is 24.5 Å². The normalized spacial score (nSPS) is 14.8. The molecule has 0 spiro atoms. The van der Waals surface area contributed by atoms with Crippen LogP contribution in [0, 0.1) is 17.4 Å². The number of nitrogens with zero attached hydrogens (tertiary/aromatic N) is 1. The van der Waals surface area contributed by atoms with Crippen molar-refractivity contribution >= 4 is 52.2 Å². The lowest BCUT2D eigenvalue weighted by molar-refractivity contribution is -0.122. The third-order valence-electron chi connectivity index (χ3n) is 6.15. The van der Waals surface area contributed by atoms with Gasteiger partial charge in [0.25, 0.3) is 11.8 Å². The van der Waals surface area contributed by atoms with E-state index in [-0.39, 0.29) is 5.57 Å². The average Bonchev–Trinajstić information content (AvgIpc) is 2.84. The van der Waals surface area contributed by atoms with Gasteiger partial charge in [-0.3, -0.25) is 14.9 Å². The van der Waals surface area contributed by atoms with Crippen LogP contribution in [0.3, 0.4) is 0 Å². The number of imide groups is 2. The number of urea groups is 1. The number of carbonyl (C=O) groups is 3. The van der Waals surface area contributed by atoms with E-state index in [1.165, 1.54) is 22.8 Å². The van der Waals surface area contributed by atoms with Crippen LogP contribution in [0.2, 0.25) is 0 Å². The molecule has 1 saturated heterocycles. The predicted molar refractivity (Wildman–Crippen MR) is 154 cm³/mol. The smallest absolute Gasteiger partial charge is 0.335 e. The minimum absolute atomic E-state index is 0.112. The van der Waals surface area contributed by atoms with Gasteiger partial charge in [-0.2, -0.15) is 0 Å². The Bertz CT molecular complexity index is 1390. The highest BCUT2D eigenvalue weighted by molar-refractivity contribution is 14.1. The number of hydrogen-bond acceptors (Lipinski definition) is 4. The van der Waals surface area contributed by atoms with Crippen molar-refractivity contribution in [3.8, 4) is 5.75 Å². The van der Waals surface area contributed by atoms with E-state index in [1.807, 2.05) is 38.1 Å².